The summed E-state index contributed by atoms with van der Waals surface area (Å²) in [5.41, 5.74) is 14.1. The number of para-hydroxylation sites is 2. The number of benzene rings is 12. The number of nitrogens with zero attached hydrogens (tertiary/aromatic N) is 1. The van der Waals surface area contributed by atoms with Crippen LogP contribution in [-0.4, -0.2) is 0 Å². The van der Waals surface area contributed by atoms with Crippen LogP contribution in [0.25, 0.3) is 110 Å². The molecule has 0 saturated carbocycles. The Morgan fingerprint density at radius 1 is 0.273 bits per heavy atom. The molecule has 13 rings (SSSR count). The summed E-state index contributed by atoms with van der Waals surface area (Å²) in [6.07, 6.45) is 0. The first kappa shape index (κ1) is 37.8. The minimum absolute atomic E-state index is 0.852. The molecule has 2 heteroatoms. The van der Waals surface area contributed by atoms with E-state index in [9.17, 15) is 0 Å². The zero-order chi connectivity index (χ0) is 43.6. The van der Waals surface area contributed by atoms with Gasteiger partial charge in [-0.2, -0.15) is 0 Å². The molecule has 0 aliphatic carbocycles. The smallest absolute Gasteiger partial charge is 0.145 e. The summed E-state index contributed by atoms with van der Waals surface area (Å²) in [5.74, 6) is 0. The summed E-state index contributed by atoms with van der Waals surface area (Å²) in [4.78, 5) is 2.47. The van der Waals surface area contributed by atoms with Gasteiger partial charge in [0.25, 0.3) is 0 Å². The van der Waals surface area contributed by atoms with Gasteiger partial charge < -0.3 is 9.32 Å². The normalized spacial score (nSPS) is 11.6. The van der Waals surface area contributed by atoms with Gasteiger partial charge in [0.15, 0.2) is 0 Å². The molecule has 0 spiro atoms. The standard InChI is InChI=1S/C64H41NO/c1-2-19-42(20-3-1)47-25-8-9-30-52(47)55-33-14-16-35-60(55)65(46-24-18-23-43(39-46)58-40-44-21-4-6-26-48(44)50-28-10-12-31-53(50)58)61-38-37-56(64-63(61)57-34-15-17-36-62(57)66-64)59-41-45-22-5-7-27-49(45)51-29-11-13-32-54(51)59/h1-41H. The van der Waals surface area contributed by atoms with E-state index in [1.54, 1.807) is 0 Å². The van der Waals surface area contributed by atoms with Crippen LogP contribution >= 0.6 is 0 Å². The molecule has 0 amide bonds. The lowest BCUT2D eigenvalue weighted by Gasteiger charge is -2.30. The number of rotatable bonds is 7. The van der Waals surface area contributed by atoms with Crippen molar-refractivity contribution >= 4 is 82.1 Å². The van der Waals surface area contributed by atoms with Gasteiger partial charge in [0, 0.05) is 22.2 Å². The first-order valence-corrected chi connectivity index (χ1v) is 22.7. The van der Waals surface area contributed by atoms with Crippen LogP contribution in [0.15, 0.2) is 253 Å². The number of fused-ring (bicyclic) bond motifs is 9. The van der Waals surface area contributed by atoms with Crippen molar-refractivity contribution in [1.82, 2.24) is 0 Å². The van der Waals surface area contributed by atoms with Crippen molar-refractivity contribution in [2.75, 3.05) is 4.90 Å². The molecule has 0 saturated heterocycles. The Kier molecular flexibility index (Phi) is 8.89. The number of furan rings is 1. The first-order valence-electron chi connectivity index (χ1n) is 22.7. The van der Waals surface area contributed by atoms with Gasteiger partial charge in [0.1, 0.15) is 11.2 Å². The highest BCUT2D eigenvalue weighted by Gasteiger charge is 2.26. The molecule has 0 aliphatic heterocycles. The van der Waals surface area contributed by atoms with Crippen molar-refractivity contribution in [2.45, 2.75) is 0 Å². The minimum Gasteiger partial charge on any atom is -0.455 e. The Bertz CT molecular complexity index is 4010. The SMILES string of the molecule is c1ccc(-c2ccccc2-c2ccccc2N(c2cccc(-c3cc4ccccc4c4ccccc34)c2)c2ccc(-c3cc4ccccc4c4ccccc34)c3oc4ccccc4c23)cc1. The maximum absolute atomic E-state index is 7.11. The first-order chi connectivity index (χ1) is 32.8. The van der Waals surface area contributed by atoms with Crippen molar-refractivity contribution in [1.29, 1.82) is 0 Å². The van der Waals surface area contributed by atoms with E-state index in [-0.39, 0.29) is 0 Å². The van der Waals surface area contributed by atoms with Gasteiger partial charge in [-0.1, -0.05) is 200 Å². The van der Waals surface area contributed by atoms with Crippen LogP contribution in [0, 0.1) is 0 Å². The van der Waals surface area contributed by atoms with Crippen LogP contribution in [-0.2, 0) is 0 Å². The van der Waals surface area contributed by atoms with E-state index < -0.39 is 0 Å². The fourth-order valence-corrected chi connectivity index (χ4v) is 10.5. The zero-order valence-electron chi connectivity index (χ0n) is 36.0. The molecule has 66 heavy (non-hydrogen) atoms. The quantitative estimate of drug-likeness (QED) is 0.149. The second-order valence-corrected chi connectivity index (χ2v) is 17.1. The molecule has 0 radical (unpaired) electrons. The van der Waals surface area contributed by atoms with Crippen molar-refractivity contribution in [3.05, 3.63) is 249 Å². The predicted octanol–water partition coefficient (Wildman–Crippen LogP) is 18.3. The molecule has 308 valence electrons. The molecule has 0 atom stereocenters. The largest absolute Gasteiger partial charge is 0.455 e. The molecule has 13 aromatic rings. The Morgan fingerprint density at radius 2 is 0.803 bits per heavy atom. The summed E-state index contributed by atoms with van der Waals surface area (Å²) >= 11 is 0. The topological polar surface area (TPSA) is 16.4 Å². The second kappa shape index (κ2) is 15.5. The third kappa shape index (κ3) is 6.11. The third-order valence-corrected chi connectivity index (χ3v) is 13.4. The fourth-order valence-electron chi connectivity index (χ4n) is 10.5. The molecule has 0 N–H and O–H groups in total. The highest BCUT2D eigenvalue weighted by molar-refractivity contribution is 6.21. The van der Waals surface area contributed by atoms with Crippen LogP contribution in [0.4, 0.5) is 17.1 Å². The van der Waals surface area contributed by atoms with Crippen molar-refractivity contribution in [3.8, 4) is 44.5 Å². The van der Waals surface area contributed by atoms with E-state index in [1.165, 1.54) is 59.8 Å². The lowest BCUT2D eigenvalue weighted by molar-refractivity contribution is 0.670. The Morgan fingerprint density at radius 3 is 1.53 bits per heavy atom. The summed E-state index contributed by atoms with van der Waals surface area (Å²) in [6.45, 7) is 0. The maximum atomic E-state index is 7.11. The molecule has 1 heterocycles. The summed E-state index contributed by atoms with van der Waals surface area (Å²) < 4.78 is 7.11. The number of anilines is 3. The van der Waals surface area contributed by atoms with Crippen LogP contribution < -0.4 is 4.90 Å². The maximum Gasteiger partial charge on any atom is 0.145 e. The lowest BCUT2D eigenvalue weighted by Crippen LogP contribution is -2.12. The van der Waals surface area contributed by atoms with Gasteiger partial charge in [-0.25, -0.2) is 0 Å². The molecular formula is C64H41NO. The van der Waals surface area contributed by atoms with E-state index in [4.69, 9.17) is 4.42 Å². The van der Waals surface area contributed by atoms with Crippen LogP contribution in [0.5, 0.6) is 0 Å². The zero-order valence-corrected chi connectivity index (χ0v) is 36.0. The van der Waals surface area contributed by atoms with Gasteiger partial charge in [-0.05, 0) is 125 Å². The Labute approximate surface area is 382 Å². The number of hydrogen-bond acceptors (Lipinski definition) is 2. The molecule has 12 aromatic carbocycles. The average Bonchev–Trinajstić information content (AvgIpc) is 3.79. The highest BCUT2D eigenvalue weighted by atomic mass is 16.3. The summed E-state index contributed by atoms with van der Waals surface area (Å²) in [5, 5.41) is 12.0. The van der Waals surface area contributed by atoms with Crippen molar-refractivity contribution in [2.24, 2.45) is 0 Å². The lowest BCUT2D eigenvalue weighted by atomic mass is 9.91. The molecule has 0 fully saturated rings. The van der Waals surface area contributed by atoms with Crippen LogP contribution in [0.3, 0.4) is 0 Å². The van der Waals surface area contributed by atoms with Crippen LogP contribution in [0.2, 0.25) is 0 Å². The molecule has 0 unspecified atom stereocenters. The van der Waals surface area contributed by atoms with Gasteiger partial charge in [0.2, 0.25) is 0 Å². The molecule has 0 bridgehead atoms. The predicted molar refractivity (Wildman–Crippen MR) is 280 cm³/mol. The van der Waals surface area contributed by atoms with E-state index in [0.29, 0.717) is 0 Å². The summed E-state index contributed by atoms with van der Waals surface area (Å²) in [6, 6.07) is 90.2. The van der Waals surface area contributed by atoms with Crippen LogP contribution in [0.1, 0.15) is 0 Å². The Balaban J connectivity index is 1.11. The number of hydrogen-bond donors (Lipinski definition) is 0. The van der Waals surface area contributed by atoms with Gasteiger partial charge in [0.05, 0.1) is 16.8 Å². The third-order valence-electron chi connectivity index (χ3n) is 13.4. The van der Waals surface area contributed by atoms with E-state index in [2.05, 4.69) is 254 Å². The average molecular weight is 840 g/mol. The molecule has 1 aromatic heterocycles. The van der Waals surface area contributed by atoms with E-state index >= 15 is 0 Å². The van der Waals surface area contributed by atoms with E-state index in [0.717, 1.165) is 66.8 Å². The second-order valence-electron chi connectivity index (χ2n) is 17.1. The molecular weight excluding hydrogens is 799 g/mol. The fraction of sp³-hybridized carbons (Fsp3) is 0. The summed E-state index contributed by atoms with van der Waals surface area (Å²) in [7, 11) is 0. The van der Waals surface area contributed by atoms with Crippen molar-refractivity contribution < 1.29 is 4.42 Å². The van der Waals surface area contributed by atoms with Crippen molar-refractivity contribution in [3.63, 3.8) is 0 Å². The minimum atomic E-state index is 0.852. The Hall–Kier alpha value is -8.72. The van der Waals surface area contributed by atoms with Gasteiger partial charge in [-0.15, -0.1) is 0 Å². The van der Waals surface area contributed by atoms with Gasteiger partial charge >= 0.3 is 0 Å². The van der Waals surface area contributed by atoms with E-state index in [1.807, 2.05) is 0 Å². The van der Waals surface area contributed by atoms with Gasteiger partial charge in [-0.3, -0.25) is 0 Å². The monoisotopic (exact) mass is 839 g/mol. The molecule has 0 aliphatic rings. The molecule has 2 nitrogen and oxygen atoms in total. The highest BCUT2D eigenvalue weighted by Crippen LogP contribution is 2.51.